The van der Waals surface area contributed by atoms with E-state index in [4.69, 9.17) is 0 Å². The third kappa shape index (κ3) is 4.93. The summed E-state index contributed by atoms with van der Waals surface area (Å²) in [6, 6.07) is 17.7. The van der Waals surface area contributed by atoms with Gasteiger partial charge in [0.2, 0.25) is 11.8 Å². The third-order valence-electron chi connectivity index (χ3n) is 4.73. The van der Waals surface area contributed by atoms with Gasteiger partial charge < -0.3 is 20.6 Å². The van der Waals surface area contributed by atoms with Gasteiger partial charge in [-0.25, -0.2) is 0 Å². The van der Waals surface area contributed by atoms with Gasteiger partial charge in [-0.1, -0.05) is 60.7 Å². The van der Waals surface area contributed by atoms with Crippen LogP contribution >= 0.6 is 0 Å². The molecule has 0 aromatic heterocycles. The molecule has 0 radical (unpaired) electrons. The Labute approximate surface area is 159 Å². The first-order chi connectivity index (χ1) is 13.0. The van der Waals surface area contributed by atoms with Crippen LogP contribution in [0.25, 0.3) is 0 Å². The summed E-state index contributed by atoms with van der Waals surface area (Å²) in [5, 5.41) is 15.5. The number of hydrogen-bond donors (Lipinski definition) is 3. The number of β-amino-alcohol motifs (C(OH)–C–C–N with tert-alkyl or cyclic N) is 1. The van der Waals surface area contributed by atoms with E-state index in [-0.39, 0.29) is 11.8 Å². The molecule has 3 rings (SSSR count). The second kappa shape index (κ2) is 8.79. The highest BCUT2D eigenvalue weighted by molar-refractivity contribution is 5.90. The highest BCUT2D eigenvalue weighted by Crippen LogP contribution is 2.18. The Hall–Kier alpha value is -2.70. The zero-order chi connectivity index (χ0) is 19.2. The molecule has 1 heterocycles. The summed E-state index contributed by atoms with van der Waals surface area (Å²) >= 11 is 0. The monoisotopic (exact) mass is 367 g/mol. The van der Waals surface area contributed by atoms with Gasteiger partial charge in [0, 0.05) is 20.1 Å². The molecule has 6 heteroatoms. The van der Waals surface area contributed by atoms with E-state index in [2.05, 4.69) is 10.6 Å². The number of aliphatic hydroxyl groups is 1. The number of carbonyl (C=O) groups is 2. The molecule has 0 bridgehead atoms. The van der Waals surface area contributed by atoms with Crippen LogP contribution in [0.5, 0.6) is 0 Å². The number of carbonyl (C=O) groups excluding carboxylic acids is 2. The normalized spacial score (nSPS) is 20.1. The van der Waals surface area contributed by atoms with Crippen molar-refractivity contribution in [3.8, 4) is 0 Å². The number of hydrogen-bond acceptors (Lipinski definition) is 4. The van der Waals surface area contributed by atoms with E-state index in [1.165, 1.54) is 0 Å². The molecule has 1 fully saturated rings. The zero-order valence-electron chi connectivity index (χ0n) is 15.3. The minimum absolute atomic E-state index is 0.183. The fraction of sp³-hybridized carbons (Fsp3) is 0.333. The minimum Gasteiger partial charge on any atom is -0.392 e. The second-order valence-corrected chi connectivity index (χ2v) is 6.88. The SMILES string of the molecule is CN(Cc1ccccc1)C(=O)[C@@H](NC(=O)[C@@H]1C[C@@H](O)CN1)c1ccccc1. The van der Waals surface area contributed by atoms with Gasteiger partial charge in [0.25, 0.3) is 0 Å². The van der Waals surface area contributed by atoms with Crippen LogP contribution in [0.15, 0.2) is 60.7 Å². The molecule has 2 amide bonds. The molecule has 3 atom stereocenters. The van der Waals surface area contributed by atoms with E-state index in [1.807, 2.05) is 60.7 Å². The van der Waals surface area contributed by atoms with Gasteiger partial charge in [0.05, 0.1) is 12.1 Å². The maximum Gasteiger partial charge on any atom is 0.249 e. The average Bonchev–Trinajstić information content (AvgIpc) is 3.13. The number of benzene rings is 2. The van der Waals surface area contributed by atoms with E-state index < -0.39 is 18.2 Å². The predicted molar refractivity (Wildman–Crippen MR) is 103 cm³/mol. The Bertz CT molecular complexity index is 767. The van der Waals surface area contributed by atoms with E-state index in [0.717, 1.165) is 11.1 Å². The van der Waals surface area contributed by atoms with E-state index in [0.29, 0.717) is 19.5 Å². The van der Waals surface area contributed by atoms with Gasteiger partial charge in [-0.15, -0.1) is 0 Å². The van der Waals surface area contributed by atoms with Crippen LogP contribution in [0.1, 0.15) is 23.6 Å². The number of amides is 2. The number of aliphatic hydroxyl groups excluding tert-OH is 1. The van der Waals surface area contributed by atoms with Crippen LogP contribution in [0.3, 0.4) is 0 Å². The van der Waals surface area contributed by atoms with E-state index in [1.54, 1.807) is 11.9 Å². The van der Waals surface area contributed by atoms with Crippen molar-refractivity contribution >= 4 is 11.8 Å². The van der Waals surface area contributed by atoms with Crippen LogP contribution < -0.4 is 10.6 Å². The lowest BCUT2D eigenvalue weighted by Gasteiger charge is -2.26. The van der Waals surface area contributed by atoms with Gasteiger partial charge in [0.1, 0.15) is 6.04 Å². The summed E-state index contributed by atoms with van der Waals surface area (Å²) in [6.07, 6.45) is -0.186. The Balaban J connectivity index is 1.75. The summed E-state index contributed by atoms with van der Waals surface area (Å²) in [4.78, 5) is 27.3. The molecule has 0 unspecified atom stereocenters. The van der Waals surface area contributed by atoms with Crippen molar-refractivity contribution in [3.05, 3.63) is 71.8 Å². The van der Waals surface area contributed by atoms with Crippen molar-refractivity contribution in [2.45, 2.75) is 31.2 Å². The first-order valence-corrected chi connectivity index (χ1v) is 9.10. The summed E-state index contributed by atoms with van der Waals surface area (Å²) in [5.74, 6) is -0.459. The van der Waals surface area contributed by atoms with Crippen molar-refractivity contribution in [2.24, 2.45) is 0 Å². The summed E-state index contributed by atoms with van der Waals surface area (Å²) in [6.45, 7) is 0.842. The highest BCUT2D eigenvalue weighted by atomic mass is 16.3. The van der Waals surface area contributed by atoms with Crippen LogP contribution in [0, 0.1) is 0 Å². The van der Waals surface area contributed by atoms with E-state index >= 15 is 0 Å². The molecule has 2 aromatic rings. The Morgan fingerprint density at radius 2 is 1.78 bits per heavy atom. The standard InChI is InChI=1S/C21H25N3O3/c1-24(14-15-8-4-2-5-9-15)21(27)19(16-10-6-3-7-11-16)23-20(26)18-12-17(25)13-22-18/h2-11,17-19,22,25H,12-14H2,1H3,(H,23,26)/t17-,18+,19+/m1/s1. The molecule has 2 aromatic carbocycles. The lowest BCUT2D eigenvalue weighted by Crippen LogP contribution is -2.47. The van der Waals surface area contributed by atoms with Crippen LogP contribution in [-0.2, 0) is 16.1 Å². The van der Waals surface area contributed by atoms with E-state index in [9.17, 15) is 14.7 Å². The fourth-order valence-corrected chi connectivity index (χ4v) is 3.25. The van der Waals surface area contributed by atoms with Crippen molar-refractivity contribution in [1.29, 1.82) is 0 Å². The molecule has 6 nitrogen and oxygen atoms in total. The highest BCUT2D eigenvalue weighted by Gasteiger charge is 2.32. The molecule has 0 aliphatic carbocycles. The summed E-state index contributed by atoms with van der Waals surface area (Å²) < 4.78 is 0. The minimum atomic E-state index is -0.771. The molecule has 1 aliphatic heterocycles. The second-order valence-electron chi connectivity index (χ2n) is 6.88. The molecular formula is C21H25N3O3. The Morgan fingerprint density at radius 1 is 1.15 bits per heavy atom. The summed E-state index contributed by atoms with van der Waals surface area (Å²) in [7, 11) is 1.73. The molecule has 0 saturated carbocycles. The Morgan fingerprint density at radius 3 is 2.37 bits per heavy atom. The predicted octanol–water partition coefficient (Wildman–Crippen LogP) is 1.23. The molecule has 142 valence electrons. The smallest absolute Gasteiger partial charge is 0.249 e. The third-order valence-corrected chi connectivity index (χ3v) is 4.73. The molecule has 0 spiro atoms. The molecular weight excluding hydrogens is 342 g/mol. The lowest BCUT2D eigenvalue weighted by molar-refractivity contribution is -0.136. The maximum atomic E-state index is 13.1. The largest absolute Gasteiger partial charge is 0.392 e. The average molecular weight is 367 g/mol. The van der Waals surface area contributed by atoms with Crippen molar-refractivity contribution in [3.63, 3.8) is 0 Å². The maximum absolute atomic E-state index is 13.1. The first kappa shape index (κ1) is 19.1. The van der Waals surface area contributed by atoms with Crippen molar-refractivity contribution in [1.82, 2.24) is 15.5 Å². The molecule has 27 heavy (non-hydrogen) atoms. The van der Waals surface area contributed by atoms with Crippen LogP contribution in [0.2, 0.25) is 0 Å². The first-order valence-electron chi connectivity index (χ1n) is 9.10. The zero-order valence-corrected chi connectivity index (χ0v) is 15.3. The van der Waals surface area contributed by atoms with Crippen LogP contribution in [-0.4, -0.2) is 47.6 Å². The quantitative estimate of drug-likeness (QED) is 0.717. The van der Waals surface area contributed by atoms with Gasteiger partial charge in [0.15, 0.2) is 0 Å². The van der Waals surface area contributed by atoms with Crippen molar-refractivity contribution < 1.29 is 14.7 Å². The lowest BCUT2D eigenvalue weighted by atomic mass is 10.0. The van der Waals surface area contributed by atoms with Gasteiger partial charge in [-0.2, -0.15) is 0 Å². The molecule has 1 aliphatic rings. The van der Waals surface area contributed by atoms with Gasteiger partial charge >= 0.3 is 0 Å². The topological polar surface area (TPSA) is 81.7 Å². The number of likely N-dealkylation sites (N-methyl/N-ethyl adjacent to an activating group) is 1. The Kier molecular flexibility index (Phi) is 6.21. The summed E-state index contributed by atoms with van der Waals surface area (Å²) in [5.41, 5.74) is 1.75. The number of nitrogens with one attached hydrogen (secondary N) is 2. The molecule has 1 saturated heterocycles. The fourth-order valence-electron chi connectivity index (χ4n) is 3.25. The van der Waals surface area contributed by atoms with Gasteiger partial charge in [-0.05, 0) is 17.5 Å². The molecule has 3 N–H and O–H groups in total. The van der Waals surface area contributed by atoms with Crippen LogP contribution in [0.4, 0.5) is 0 Å². The van der Waals surface area contributed by atoms with Gasteiger partial charge in [-0.3, -0.25) is 9.59 Å². The van der Waals surface area contributed by atoms with Crippen molar-refractivity contribution in [2.75, 3.05) is 13.6 Å². The number of rotatable bonds is 6. The number of nitrogens with zero attached hydrogens (tertiary/aromatic N) is 1.